The van der Waals surface area contributed by atoms with Gasteiger partial charge < -0.3 is 24.6 Å². The molecule has 1 atom stereocenters. The fourth-order valence-corrected chi connectivity index (χ4v) is 4.03. The molecule has 0 aromatic heterocycles. The highest BCUT2D eigenvalue weighted by Gasteiger charge is 2.32. The van der Waals surface area contributed by atoms with Gasteiger partial charge in [-0.15, -0.1) is 5.10 Å². The topological polar surface area (TPSA) is 136 Å². The van der Waals surface area contributed by atoms with E-state index in [4.69, 9.17) is 14.6 Å². The van der Waals surface area contributed by atoms with Crippen molar-refractivity contribution in [2.75, 3.05) is 20.3 Å². The molecule has 30 heavy (non-hydrogen) atoms. The van der Waals surface area contributed by atoms with Gasteiger partial charge in [0.15, 0.2) is 23.3 Å². The molecule has 1 fully saturated rings. The third-order valence-corrected chi connectivity index (χ3v) is 6.71. The minimum atomic E-state index is -1.07. The van der Waals surface area contributed by atoms with E-state index in [9.17, 15) is 14.4 Å². The van der Waals surface area contributed by atoms with Crippen LogP contribution >= 0.6 is 43.6 Å². The minimum absolute atomic E-state index is 0.209. The van der Waals surface area contributed by atoms with Gasteiger partial charge in [-0.3, -0.25) is 9.59 Å². The molecule has 1 aromatic carbocycles. The molecule has 0 aliphatic carbocycles. The highest BCUT2D eigenvalue weighted by molar-refractivity contribution is 9.13. The lowest BCUT2D eigenvalue weighted by molar-refractivity contribution is -0.143. The van der Waals surface area contributed by atoms with Crippen molar-refractivity contribution in [3.05, 3.63) is 20.6 Å². The van der Waals surface area contributed by atoms with Crippen molar-refractivity contribution in [2.24, 2.45) is 10.2 Å². The molecule has 0 spiro atoms. The van der Waals surface area contributed by atoms with Crippen LogP contribution in [0.2, 0.25) is 0 Å². The molecule has 1 saturated heterocycles. The number of nitrogens with zero attached hydrogens (tertiary/aromatic N) is 2. The molecule has 1 unspecified atom stereocenters. The number of esters is 1. The molecule has 2 rings (SSSR count). The summed E-state index contributed by atoms with van der Waals surface area (Å²) in [5.41, 5.74) is 0.580. The second kappa shape index (κ2) is 11.3. The van der Waals surface area contributed by atoms with Crippen molar-refractivity contribution in [1.82, 2.24) is 5.32 Å². The molecule has 0 bridgehead atoms. The van der Waals surface area contributed by atoms with E-state index in [2.05, 4.69) is 52.1 Å². The number of benzene rings is 1. The van der Waals surface area contributed by atoms with Crippen LogP contribution in [-0.4, -0.2) is 59.9 Å². The van der Waals surface area contributed by atoms with E-state index in [-0.39, 0.29) is 18.2 Å². The van der Waals surface area contributed by atoms with Crippen LogP contribution in [-0.2, 0) is 19.1 Å². The van der Waals surface area contributed by atoms with Crippen molar-refractivity contribution in [1.29, 1.82) is 0 Å². The van der Waals surface area contributed by atoms with Crippen molar-refractivity contribution in [3.63, 3.8) is 0 Å². The number of amidine groups is 1. The van der Waals surface area contributed by atoms with E-state index in [0.29, 0.717) is 32.6 Å². The number of nitrogens with one attached hydrogen (secondary N) is 1. The van der Waals surface area contributed by atoms with Crippen LogP contribution < -0.4 is 14.8 Å². The summed E-state index contributed by atoms with van der Waals surface area (Å²) < 4.78 is 16.7. The molecule has 1 aliphatic heterocycles. The number of carbonyl (C=O) groups excluding carboxylic acids is 2. The fourth-order valence-electron chi connectivity index (χ4n) is 2.17. The molecule has 13 heteroatoms. The Morgan fingerprint density at radius 1 is 1.33 bits per heavy atom. The number of amides is 1. The van der Waals surface area contributed by atoms with Gasteiger partial charge in [-0.05, 0) is 44.8 Å². The summed E-state index contributed by atoms with van der Waals surface area (Å²) in [5.74, 6) is -1.35. The number of thioether (sulfide) groups is 1. The predicted octanol–water partition coefficient (Wildman–Crippen LogP) is 2.56. The van der Waals surface area contributed by atoms with E-state index in [0.717, 1.165) is 11.8 Å². The number of rotatable bonds is 9. The smallest absolute Gasteiger partial charge is 0.343 e. The lowest BCUT2D eigenvalue weighted by Gasteiger charge is -2.15. The van der Waals surface area contributed by atoms with Crippen LogP contribution in [0.1, 0.15) is 18.9 Å². The standard InChI is InChI=1S/C17H17Br2N3O7S/c1-3-28-9-4-8(13(18)14(19)15(9)29-7-12(25)27-2)6-20-22-17-21-16(26)10(30-17)5-11(23)24/h4,6,10H,3,5,7H2,1-2H3,(H,23,24)(H,21,22,26). The number of hydrogen-bond donors (Lipinski definition) is 2. The van der Waals surface area contributed by atoms with Crippen molar-refractivity contribution in [2.45, 2.75) is 18.6 Å². The quantitative estimate of drug-likeness (QED) is 0.264. The molecule has 0 radical (unpaired) electrons. The van der Waals surface area contributed by atoms with Crippen LogP contribution in [0.15, 0.2) is 25.2 Å². The first-order chi connectivity index (χ1) is 14.3. The number of carboxylic acid groups (broad SMARTS) is 1. The van der Waals surface area contributed by atoms with E-state index >= 15 is 0 Å². The molecule has 0 saturated carbocycles. The molecule has 1 aliphatic rings. The summed E-state index contributed by atoms with van der Waals surface area (Å²) in [4.78, 5) is 33.9. The third kappa shape index (κ3) is 6.44. The first kappa shape index (κ1) is 24.2. The zero-order chi connectivity index (χ0) is 22.3. The summed E-state index contributed by atoms with van der Waals surface area (Å²) in [6.45, 7) is 1.86. The number of carboxylic acids is 1. The Balaban J connectivity index is 2.22. The summed E-state index contributed by atoms with van der Waals surface area (Å²) in [7, 11) is 1.26. The van der Waals surface area contributed by atoms with Gasteiger partial charge in [-0.1, -0.05) is 11.8 Å². The fraction of sp³-hybridized carbons (Fsp3) is 0.353. The SMILES string of the molecule is CCOc1cc(C=NN=C2NC(=O)C(CC(=O)O)S2)c(Br)c(Br)c1OCC(=O)OC. The third-order valence-electron chi connectivity index (χ3n) is 3.50. The van der Waals surface area contributed by atoms with Gasteiger partial charge in [0.05, 0.1) is 30.8 Å². The van der Waals surface area contributed by atoms with Crippen molar-refractivity contribution >= 4 is 72.8 Å². The van der Waals surface area contributed by atoms with Crippen LogP contribution in [0.25, 0.3) is 0 Å². The van der Waals surface area contributed by atoms with Gasteiger partial charge in [0, 0.05) is 10.0 Å². The van der Waals surface area contributed by atoms with E-state index < -0.39 is 23.1 Å². The van der Waals surface area contributed by atoms with Gasteiger partial charge in [-0.25, -0.2) is 4.79 Å². The maximum Gasteiger partial charge on any atom is 0.343 e. The van der Waals surface area contributed by atoms with E-state index in [1.54, 1.807) is 13.0 Å². The Labute approximate surface area is 192 Å². The number of aliphatic carboxylic acids is 1. The normalized spacial score (nSPS) is 17.3. The van der Waals surface area contributed by atoms with E-state index in [1.807, 2.05) is 0 Å². The van der Waals surface area contributed by atoms with Gasteiger partial charge in [0.1, 0.15) is 5.25 Å². The van der Waals surface area contributed by atoms with Gasteiger partial charge in [0.25, 0.3) is 0 Å². The van der Waals surface area contributed by atoms with Gasteiger partial charge in [-0.2, -0.15) is 5.10 Å². The molecule has 162 valence electrons. The average Bonchev–Trinajstić information content (AvgIpc) is 3.03. The minimum Gasteiger partial charge on any atom is -0.490 e. The van der Waals surface area contributed by atoms with Gasteiger partial charge >= 0.3 is 11.9 Å². The molecule has 1 amide bonds. The number of methoxy groups -OCH3 is 1. The molecular formula is C17H17Br2N3O7S. The number of halogens is 2. The Morgan fingerprint density at radius 2 is 2.07 bits per heavy atom. The molecule has 2 N–H and O–H groups in total. The van der Waals surface area contributed by atoms with E-state index in [1.165, 1.54) is 13.3 Å². The summed E-state index contributed by atoms with van der Waals surface area (Å²) >= 11 is 7.82. The molecule has 10 nitrogen and oxygen atoms in total. The number of ether oxygens (including phenoxy) is 3. The molecular weight excluding hydrogens is 550 g/mol. The predicted molar refractivity (Wildman–Crippen MR) is 117 cm³/mol. The van der Waals surface area contributed by atoms with Gasteiger partial charge in [0.2, 0.25) is 5.91 Å². The number of carbonyl (C=O) groups is 3. The van der Waals surface area contributed by atoms with Crippen LogP contribution in [0.3, 0.4) is 0 Å². The Morgan fingerprint density at radius 3 is 2.70 bits per heavy atom. The average molecular weight is 567 g/mol. The highest BCUT2D eigenvalue weighted by Crippen LogP contribution is 2.42. The largest absolute Gasteiger partial charge is 0.490 e. The Hall–Kier alpha value is -2.12. The second-order valence-corrected chi connectivity index (χ2v) is 8.34. The summed E-state index contributed by atoms with van der Waals surface area (Å²) in [6.07, 6.45) is 1.12. The Bertz CT molecular complexity index is 908. The lowest BCUT2D eigenvalue weighted by atomic mass is 10.2. The highest BCUT2D eigenvalue weighted by atomic mass is 79.9. The van der Waals surface area contributed by atoms with Crippen LogP contribution in [0.5, 0.6) is 11.5 Å². The first-order valence-electron chi connectivity index (χ1n) is 8.41. The summed E-state index contributed by atoms with van der Waals surface area (Å²) in [6, 6.07) is 1.64. The maximum absolute atomic E-state index is 11.7. The maximum atomic E-state index is 11.7. The van der Waals surface area contributed by atoms with Crippen LogP contribution in [0.4, 0.5) is 0 Å². The molecule has 1 aromatic rings. The first-order valence-corrected chi connectivity index (χ1v) is 10.9. The zero-order valence-corrected chi connectivity index (χ0v) is 19.8. The van der Waals surface area contributed by atoms with Crippen molar-refractivity contribution < 1.29 is 33.7 Å². The Kier molecular flexibility index (Phi) is 9.11. The zero-order valence-electron chi connectivity index (χ0n) is 15.8. The summed E-state index contributed by atoms with van der Waals surface area (Å²) in [5, 5.41) is 18.6. The lowest BCUT2D eigenvalue weighted by Crippen LogP contribution is -2.26. The monoisotopic (exact) mass is 565 g/mol. The molecule has 1 heterocycles. The second-order valence-electron chi connectivity index (χ2n) is 5.56. The number of hydrogen-bond acceptors (Lipinski definition) is 9. The van der Waals surface area contributed by atoms with Crippen molar-refractivity contribution in [3.8, 4) is 11.5 Å². The van der Waals surface area contributed by atoms with Crippen LogP contribution in [0, 0.1) is 0 Å².